The van der Waals surface area contributed by atoms with Gasteiger partial charge in [0, 0.05) is 10.9 Å². The lowest BCUT2D eigenvalue weighted by atomic mass is 10.0. The van der Waals surface area contributed by atoms with Crippen LogP contribution < -0.4 is 5.32 Å². The van der Waals surface area contributed by atoms with Crippen LogP contribution in [0.1, 0.15) is 10.4 Å². The number of anilines is 1. The highest BCUT2D eigenvalue weighted by molar-refractivity contribution is 6.12. The van der Waals surface area contributed by atoms with Crippen molar-refractivity contribution in [2.45, 2.75) is 0 Å². The number of furan rings is 1. The van der Waals surface area contributed by atoms with Crippen LogP contribution in [0.2, 0.25) is 0 Å². The number of hydrogen-bond donors (Lipinski definition) is 2. The molecule has 0 unspecified atom stereocenters. The number of carbonyl (C=O) groups excluding carboxylic acids is 1. The van der Waals surface area contributed by atoms with E-state index >= 15 is 0 Å². The molecule has 8 nitrogen and oxygen atoms in total. The third-order valence-corrected chi connectivity index (χ3v) is 4.50. The van der Waals surface area contributed by atoms with Gasteiger partial charge in [-0.3, -0.25) is 10.1 Å². The smallest absolute Gasteiger partial charge is 0.322 e. The van der Waals surface area contributed by atoms with Crippen LogP contribution in [0.5, 0.6) is 5.75 Å². The number of amides is 1. The molecule has 0 saturated carbocycles. The van der Waals surface area contributed by atoms with Crippen LogP contribution in [0, 0.1) is 0 Å². The van der Waals surface area contributed by atoms with Gasteiger partial charge in [-0.1, -0.05) is 23.3 Å². The number of hydrogen-bond acceptors (Lipinski definition) is 7. The van der Waals surface area contributed by atoms with Crippen molar-refractivity contribution in [1.29, 1.82) is 0 Å². The predicted octanol–water partition coefficient (Wildman–Crippen LogP) is 4.50. The average molecular weight is 398 g/mol. The summed E-state index contributed by atoms with van der Waals surface area (Å²) in [5.41, 5.74) is 2.43. The minimum Gasteiger partial charge on any atom is -0.508 e. The maximum Gasteiger partial charge on any atom is 0.322 e. The molecular formula is C22H14N4O4. The third kappa shape index (κ3) is 3.26. The number of pyridine rings is 1. The van der Waals surface area contributed by atoms with Crippen molar-refractivity contribution in [3.63, 3.8) is 0 Å². The zero-order valence-electron chi connectivity index (χ0n) is 15.4. The van der Waals surface area contributed by atoms with Crippen LogP contribution in [0.15, 0.2) is 81.8 Å². The van der Waals surface area contributed by atoms with Crippen molar-refractivity contribution in [3.05, 3.63) is 78.6 Å². The fourth-order valence-electron chi connectivity index (χ4n) is 3.08. The number of fused-ring (bicyclic) bond motifs is 1. The first-order chi connectivity index (χ1) is 14.7. The van der Waals surface area contributed by atoms with Gasteiger partial charge in [-0.25, -0.2) is 4.98 Å². The first-order valence-corrected chi connectivity index (χ1v) is 9.05. The number of phenols is 1. The molecule has 0 aliphatic rings. The van der Waals surface area contributed by atoms with Crippen molar-refractivity contribution in [2.75, 3.05) is 5.32 Å². The van der Waals surface area contributed by atoms with Gasteiger partial charge in [0.2, 0.25) is 0 Å². The number of benzene rings is 2. The number of para-hydroxylation sites is 1. The highest BCUT2D eigenvalue weighted by atomic mass is 16.4. The molecule has 3 heterocycles. The lowest BCUT2D eigenvalue weighted by Crippen LogP contribution is -2.13. The molecule has 1 amide bonds. The molecule has 0 aliphatic carbocycles. The van der Waals surface area contributed by atoms with E-state index in [4.69, 9.17) is 8.83 Å². The minimum atomic E-state index is -0.414. The Labute approximate surface area is 169 Å². The van der Waals surface area contributed by atoms with Gasteiger partial charge < -0.3 is 13.9 Å². The number of nitrogens with one attached hydrogen (secondary N) is 1. The van der Waals surface area contributed by atoms with Crippen LogP contribution in [-0.2, 0) is 0 Å². The Kier molecular flexibility index (Phi) is 4.21. The predicted molar refractivity (Wildman–Crippen MR) is 109 cm³/mol. The second-order valence-corrected chi connectivity index (χ2v) is 6.46. The fraction of sp³-hybridized carbons (Fsp3) is 0. The summed E-state index contributed by atoms with van der Waals surface area (Å²) >= 11 is 0. The standard InChI is InChI=1S/C22H14N4O4/c27-14-9-7-13(8-10-14)18-12-16(15-4-1-2-5-17(15)23-18)20(28)24-22-26-25-21(30-22)19-6-3-11-29-19/h1-12,27H,(H,24,26,28). The molecule has 30 heavy (non-hydrogen) atoms. The Hall–Kier alpha value is -4.46. The van der Waals surface area contributed by atoms with E-state index in [0.717, 1.165) is 5.56 Å². The Morgan fingerprint density at radius 1 is 0.967 bits per heavy atom. The number of phenolic OH excluding ortho intramolecular Hbond substituents is 1. The molecule has 0 spiro atoms. The summed E-state index contributed by atoms with van der Waals surface area (Å²) in [4.78, 5) is 17.7. The molecule has 3 aromatic heterocycles. The monoisotopic (exact) mass is 398 g/mol. The van der Waals surface area contributed by atoms with Crippen LogP contribution in [0.4, 0.5) is 6.01 Å². The van der Waals surface area contributed by atoms with Gasteiger partial charge in [-0.05, 0) is 48.5 Å². The summed E-state index contributed by atoms with van der Waals surface area (Å²) in [5.74, 6) is 0.316. The van der Waals surface area contributed by atoms with E-state index in [-0.39, 0.29) is 17.7 Å². The molecule has 5 rings (SSSR count). The zero-order chi connectivity index (χ0) is 20.5. The van der Waals surface area contributed by atoms with E-state index in [1.165, 1.54) is 6.26 Å². The van der Waals surface area contributed by atoms with Crippen LogP contribution in [0.25, 0.3) is 33.8 Å². The summed E-state index contributed by atoms with van der Waals surface area (Å²) in [6, 6.07) is 19.0. The number of carbonyl (C=O) groups is 1. The molecule has 2 aromatic carbocycles. The topological polar surface area (TPSA) is 114 Å². The highest BCUT2D eigenvalue weighted by Crippen LogP contribution is 2.27. The summed E-state index contributed by atoms with van der Waals surface area (Å²) in [5, 5.41) is 20.6. The Morgan fingerprint density at radius 2 is 1.80 bits per heavy atom. The molecule has 0 radical (unpaired) electrons. The van der Waals surface area contributed by atoms with Crippen LogP contribution in [-0.4, -0.2) is 26.2 Å². The summed E-state index contributed by atoms with van der Waals surface area (Å²) in [7, 11) is 0. The Morgan fingerprint density at radius 3 is 2.60 bits per heavy atom. The molecule has 0 atom stereocenters. The molecule has 146 valence electrons. The average Bonchev–Trinajstić information content (AvgIpc) is 3.45. The quantitative estimate of drug-likeness (QED) is 0.458. The summed E-state index contributed by atoms with van der Waals surface area (Å²) in [6.45, 7) is 0. The second kappa shape index (κ2) is 7.17. The Bertz CT molecular complexity index is 1340. The maximum atomic E-state index is 13.0. The minimum absolute atomic E-state index is 0.0431. The fourth-order valence-corrected chi connectivity index (χ4v) is 3.08. The lowest BCUT2D eigenvalue weighted by molar-refractivity contribution is 0.102. The molecule has 0 fully saturated rings. The number of aromatic hydroxyl groups is 1. The normalized spacial score (nSPS) is 10.9. The molecule has 8 heteroatoms. The van der Waals surface area contributed by atoms with Crippen molar-refractivity contribution in [1.82, 2.24) is 15.2 Å². The summed E-state index contributed by atoms with van der Waals surface area (Å²) < 4.78 is 10.7. The molecule has 0 bridgehead atoms. The third-order valence-electron chi connectivity index (χ3n) is 4.50. The largest absolute Gasteiger partial charge is 0.508 e. The van der Waals surface area contributed by atoms with Crippen molar-refractivity contribution >= 4 is 22.8 Å². The van der Waals surface area contributed by atoms with E-state index in [1.54, 1.807) is 42.5 Å². The Balaban J connectivity index is 1.52. The van der Waals surface area contributed by atoms with Gasteiger partial charge >= 0.3 is 6.01 Å². The summed E-state index contributed by atoms with van der Waals surface area (Å²) in [6.07, 6.45) is 1.49. The maximum absolute atomic E-state index is 13.0. The first kappa shape index (κ1) is 17.6. The molecular weight excluding hydrogens is 384 g/mol. The van der Waals surface area contributed by atoms with E-state index in [9.17, 15) is 9.90 Å². The van der Waals surface area contributed by atoms with Gasteiger partial charge in [0.25, 0.3) is 11.8 Å². The van der Waals surface area contributed by atoms with Gasteiger partial charge in [0.15, 0.2) is 5.76 Å². The van der Waals surface area contributed by atoms with Crippen molar-refractivity contribution < 1.29 is 18.7 Å². The van der Waals surface area contributed by atoms with E-state index in [2.05, 4.69) is 20.5 Å². The molecule has 5 aromatic rings. The first-order valence-electron chi connectivity index (χ1n) is 9.05. The van der Waals surface area contributed by atoms with Gasteiger partial charge in [-0.15, -0.1) is 5.10 Å². The second-order valence-electron chi connectivity index (χ2n) is 6.46. The SMILES string of the molecule is O=C(Nc1nnc(-c2ccco2)o1)c1cc(-c2ccc(O)cc2)nc2ccccc12. The van der Waals surface area contributed by atoms with E-state index < -0.39 is 5.91 Å². The van der Waals surface area contributed by atoms with Gasteiger partial charge in [-0.2, -0.15) is 0 Å². The number of rotatable bonds is 4. The van der Waals surface area contributed by atoms with E-state index in [0.29, 0.717) is 27.9 Å². The van der Waals surface area contributed by atoms with Gasteiger partial charge in [0.05, 0.1) is 23.0 Å². The molecule has 0 saturated heterocycles. The number of nitrogens with zero attached hydrogens (tertiary/aromatic N) is 3. The molecule has 2 N–H and O–H groups in total. The van der Waals surface area contributed by atoms with Crippen LogP contribution in [0.3, 0.4) is 0 Å². The van der Waals surface area contributed by atoms with Crippen LogP contribution >= 0.6 is 0 Å². The van der Waals surface area contributed by atoms with Crippen molar-refractivity contribution in [3.8, 4) is 28.7 Å². The molecule has 0 aliphatic heterocycles. The van der Waals surface area contributed by atoms with E-state index in [1.807, 2.05) is 24.3 Å². The lowest BCUT2D eigenvalue weighted by Gasteiger charge is -2.09. The zero-order valence-corrected chi connectivity index (χ0v) is 15.4. The highest BCUT2D eigenvalue weighted by Gasteiger charge is 2.18. The van der Waals surface area contributed by atoms with Gasteiger partial charge in [0.1, 0.15) is 5.75 Å². The number of aromatic nitrogens is 3. The van der Waals surface area contributed by atoms with Crippen molar-refractivity contribution in [2.24, 2.45) is 0 Å².